The van der Waals surface area contributed by atoms with E-state index in [9.17, 15) is 5.11 Å². The molecule has 0 aliphatic rings. The molecule has 2 N–H and O–H groups in total. The molecule has 1 unspecified atom stereocenters. The van der Waals surface area contributed by atoms with Gasteiger partial charge in [-0.15, -0.1) is 0 Å². The van der Waals surface area contributed by atoms with E-state index >= 15 is 0 Å². The number of hydrogen-bond acceptors (Lipinski definition) is 4. The van der Waals surface area contributed by atoms with Gasteiger partial charge in [-0.1, -0.05) is 6.07 Å². The quantitative estimate of drug-likeness (QED) is 0.844. The smallest absolute Gasteiger partial charge is 0.121 e. The van der Waals surface area contributed by atoms with Crippen LogP contribution in [0.15, 0.2) is 42.5 Å². The van der Waals surface area contributed by atoms with E-state index in [0.717, 1.165) is 22.7 Å². The molecule has 0 amide bonds. The molecule has 0 radical (unpaired) electrons. The van der Waals surface area contributed by atoms with Crippen LogP contribution in [0, 0.1) is 0 Å². The normalized spacial score (nSPS) is 11.8. The van der Waals surface area contributed by atoms with Crippen LogP contribution in [0.3, 0.4) is 0 Å². The summed E-state index contributed by atoms with van der Waals surface area (Å²) in [6, 6.07) is 12.9. The summed E-state index contributed by atoms with van der Waals surface area (Å²) in [6.45, 7) is 4.58. The predicted octanol–water partition coefficient (Wildman–Crippen LogP) is 3.97. The van der Waals surface area contributed by atoms with Crippen molar-refractivity contribution < 1.29 is 14.6 Å². The van der Waals surface area contributed by atoms with Crippen LogP contribution in [-0.4, -0.2) is 18.8 Å². The van der Waals surface area contributed by atoms with E-state index in [1.165, 1.54) is 0 Å². The number of aromatic hydroxyl groups is 1. The van der Waals surface area contributed by atoms with E-state index in [0.29, 0.717) is 6.61 Å². The van der Waals surface area contributed by atoms with Crippen LogP contribution in [0.25, 0.3) is 0 Å². The van der Waals surface area contributed by atoms with Gasteiger partial charge in [0.25, 0.3) is 0 Å². The van der Waals surface area contributed by atoms with Crippen LogP contribution < -0.4 is 14.8 Å². The van der Waals surface area contributed by atoms with Crippen molar-refractivity contribution in [1.29, 1.82) is 0 Å². The number of methoxy groups -OCH3 is 1. The molecule has 0 aromatic heterocycles. The summed E-state index contributed by atoms with van der Waals surface area (Å²) < 4.78 is 10.7. The highest BCUT2D eigenvalue weighted by Crippen LogP contribution is 2.31. The van der Waals surface area contributed by atoms with E-state index in [4.69, 9.17) is 9.47 Å². The van der Waals surface area contributed by atoms with Gasteiger partial charge in [0.05, 0.1) is 19.8 Å². The summed E-state index contributed by atoms with van der Waals surface area (Å²) in [5.41, 5.74) is 1.73. The molecule has 0 fully saturated rings. The molecule has 0 spiro atoms. The molecule has 0 heterocycles. The lowest BCUT2D eigenvalue weighted by Crippen LogP contribution is -2.07. The van der Waals surface area contributed by atoms with E-state index in [1.807, 2.05) is 44.2 Å². The topological polar surface area (TPSA) is 50.7 Å². The lowest BCUT2D eigenvalue weighted by molar-refractivity contribution is 0.340. The van der Waals surface area contributed by atoms with E-state index in [2.05, 4.69) is 5.32 Å². The maximum atomic E-state index is 10.00. The maximum absolute atomic E-state index is 10.00. The fourth-order valence-corrected chi connectivity index (χ4v) is 2.18. The number of anilines is 1. The summed E-state index contributed by atoms with van der Waals surface area (Å²) in [7, 11) is 1.61. The van der Waals surface area contributed by atoms with Crippen LogP contribution in [-0.2, 0) is 0 Å². The van der Waals surface area contributed by atoms with Crippen LogP contribution in [0.2, 0.25) is 0 Å². The predicted molar refractivity (Wildman–Crippen MR) is 84.3 cm³/mol. The largest absolute Gasteiger partial charge is 0.508 e. The van der Waals surface area contributed by atoms with Gasteiger partial charge in [0, 0.05) is 17.3 Å². The lowest BCUT2D eigenvalue weighted by Gasteiger charge is -2.18. The van der Waals surface area contributed by atoms with Gasteiger partial charge < -0.3 is 19.9 Å². The molecule has 2 rings (SSSR count). The summed E-state index contributed by atoms with van der Waals surface area (Å²) in [4.78, 5) is 0. The Balaban J connectivity index is 2.17. The molecule has 2 aromatic carbocycles. The highest BCUT2D eigenvalue weighted by atomic mass is 16.5. The Kier molecular flexibility index (Phi) is 4.93. The van der Waals surface area contributed by atoms with Gasteiger partial charge >= 0.3 is 0 Å². The van der Waals surface area contributed by atoms with Crippen LogP contribution in [0.4, 0.5) is 5.69 Å². The second-order valence-electron chi connectivity index (χ2n) is 4.75. The molecule has 21 heavy (non-hydrogen) atoms. The van der Waals surface area contributed by atoms with Crippen molar-refractivity contribution in [3.63, 3.8) is 0 Å². The summed E-state index contributed by atoms with van der Waals surface area (Å²) in [5.74, 6) is 1.79. The van der Waals surface area contributed by atoms with Gasteiger partial charge in [0.15, 0.2) is 0 Å². The first-order valence-electron chi connectivity index (χ1n) is 7.00. The zero-order chi connectivity index (χ0) is 15.2. The highest BCUT2D eigenvalue weighted by molar-refractivity contribution is 5.51. The van der Waals surface area contributed by atoms with Crippen molar-refractivity contribution in [3.05, 3.63) is 48.0 Å². The SMILES string of the molecule is CCOc1cccc(NC(C)c2cc(OC)ccc2O)c1. The molecule has 4 nitrogen and oxygen atoms in total. The summed E-state index contributed by atoms with van der Waals surface area (Å²) >= 11 is 0. The Bertz CT molecular complexity index is 598. The molecule has 1 atom stereocenters. The lowest BCUT2D eigenvalue weighted by atomic mass is 10.1. The zero-order valence-electron chi connectivity index (χ0n) is 12.6. The first-order chi connectivity index (χ1) is 10.1. The summed E-state index contributed by atoms with van der Waals surface area (Å²) in [6.07, 6.45) is 0. The monoisotopic (exact) mass is 287 g/mol. The number of hydrogen-bond donors (Lipinski definition) is 2. The molecular weight excluding hydrogens is 266 g/mol. The van der Waals surface area contributed by atoms with Crippen molar-refractivity contribution in [2.24, 2.45) is 0 Å². The van der Waals surface area contributed by atoms with E-state index in [-0.39, 0.29) is 11.8 Å². The third kappa shape index (κ3) is 3.81. The molecule has 0 aliphatic carbocycles. The van der Waals surface area contributed by atoms with E-state index in [1.54, 1.807) is 19.2 Å². The third-order valence-corrected chi connectivity index (χ3v) is 3.23. The second-order valence-corrected chi connectivity index (χ2v) is 4.75. The minimum atomic E-state index is -0.0584. The van der Waals surface area contributed by atoms with Crippen molar-refractivity contribution in [2.45, 2.75) is 19.9 Å². The second kappa shape index (κ2) is 6.88. The first kappa shape index (κ1) is 15.0. The standard InChI is InChI=1S/C17H21NO3/c1-4-21-15-7-5-6-13(10-15)18-12(2)16-11-14(20-3)8-9-17(16)19/h5-12,18-19H,4H2,1-3H3. The maximum Gasteiger partial charge on any atom is 0.121 e. The van der Waals surface area contributed by atoms with Gasteiger partial charge in [-0.05, 0) is 44.2 Å². The van der Waals surface area contributed by atoms with Crippen molar-refractivity contribution in [1.82, 2.24) is 0 Å². The third-order valence-electron chi connectivity index (χ3n) is 3.23. The molecule has 0 aliphatic heterocycles. The van der Waals surface area contributed by atoms with E-state index < -0.39 is 0 Å². The fraction of sp³-hybridized carbons (Fsp3) is 0.294. The number of nitrogens with one attached hydrogen (secondary N) is 1. The molecule has 0 saturated carbocycles. The summed E-state index contributed by atoms with van der Waals surface area (Å²) in [5, 5.41) is 13.4. The number of phenols is 1. The molecule has 0 bridgehead atoms. The number of phenolic OH excluding ortho intramolecular Hbond substituents is 1. The number of ether oxygens (including phenoxy) is 2. The Hall–Kier alpha value is -2.36. The molecule has 2 aromatic rings. The first-order valence-corrected chi connectivity index (χ1v) is 7.00. The Morgan fingerprint density at radius 3 is 2.67 bits per heavy atom. The highest BCUT2D eigenvalue weighted by Gasteiger charge is 2.12. The van der Waals surface area contributed by atoms with Crippen LogP contribution in [0.5, 0.6) is 17.2 Å². The minimum Gasteiger partial charge on any atom is -0.508 e. The Labute approximate surface area is 125 Å². The van der Waals surface area contributed by atoms with Crippen LogP contribution in [0.1, 0.15) is 25.5 Å². The average Bonchev–Trinajstić information content (AvgIpc) is 2.48. The van der Waals surface area contributed by atoms with Gasteiger partial charge in [-0.2, -0.15) is 0 Å². The Morgan fingerprint density at radius 1 is 1.14 bits per heavy atom. The zero-order valence-corrected chi connectivity index (χ0v) is 12.6. The van der Waals surface area contributed by atoms with Crippen molar-refractivity contribution in [2.75, 3.05) is 19.0 Å². The molecule has 4 heteroatoms. The van der Waals surface area contributed by atoms with Gasteiger partial charge in [0.1, 0.15) is 17.2 Å². The minimum absolute atomic E-state index is 0.0584. The van der Waals surface area contributed by atoms with Gasteiger partial charge in [0.2, 0.25) is 0 Å². The fourth-order valence-electron chi connectivity index (χ4n) is 2.18. The molecule has 0 saturated heterocycles. The molecular formula is C17H21NO3. The Morgan fingerprint density at radius 2 is 1.95 bits per heavy atom. The molecule has 112 valence electrons. The van der Waals surface area contributed by atoms with Crippen molar-refractivity contribution in [3.8, 4) is 17.2 Å². The van der Waals surface area contributed by atoms with Gasteiger partial charge in [-0.25, -0.2) is 0 Å². The van der Waals surface area contributed by atoms with Crippen LogP contribution >= 0.6 is 0 Å². The van der Waals surface area contributed by atoms with Crippen molar-refractivity contribution >= 4 is 5.69 Å². The average molecular weight is 287 g/mol. The number of benzene rings is 2. The van der Waals surface area contributed by atoms with Gasteiger partial charge in [-0.3, -0.25) is 0 Å². The number of rotatable bonds is 6.